The molecule has 0 bridgehead atoms. The van der Waals surface area contributed by atoms with Gasteiger partial charge in [-0.05, 0) is 12.1 Å². The molecular formula is C17H20N2S+2. The predicted octanol–water partition coefficient (Wildman–Crippen LogP) is 0.703. The van der Waals surface area contributed by atoms with E-state index < -0.39 is 0 Å². The highest BCUT2D eigenvalue weighted by Crippen LogP contribution is 2.43. The molecule has 0 aliphatic carbocycles. The van der Waals surface area contributed by atoms with Crippen molar-refractivity contribution >= 4 is 11.8 Å². The predicted molar refractivity (Wildman–Crippen MR) is 81.2 cm³/mol. The highest BCUT2D eigenvalue weighted by atomic mass is 32.2. The lowest BCUT2D eigenvalue weighted by atomic mass is 9.95. The van der Waals surface area contributed by atoms with Gasteiger partial charge in [0.15, 0.2) is 0 Å². The highest BCUT2D eigenvalue weighted by Gasteiger charge is 2.35. The quantitative estimate of drug-likeness (QED) is 0.790. The number of nitrogens with two attached hydrogens (primary N) is 1. The summed E-state index contributed by atoms with van der Waals surface area (Å²) in [5.41, 5.74) is 3.04. The zero-order valence-corrected chi connectivity index (χ0v) is 12.3. The van der Waals surface area contributed by atoms with Gasteiger partial charge in [-0.3, -0.25) is 0 Å². The minimum atomic E-state index is 0.525. The van der Waals surface area contributed by atoms with Crippen LogP contribution in [-0.2, 0) is 0 Å². The Labute approximate surface area is 124 Å². The fraction of sp³-hybridized carbons (Fsp3) is 0.294. The van der Waals surface area contributed by atoms with Gasteiger partial charge >= 0.3 is 0 Å². The van der Waals surface area contributed by atoms with Gasteiger partial charge in [0.05, 0.1) is 0 Å². The summed E-state index contributed by atoms with van der Waals surface area (Å²) in [6, 6.07) is 18.4. The smallest absolute Gasteiger partial charge is 0.141 e. The van der Waals surface area contributed by atoms with Gasteiger partial charge in [0, 0.05) is 20.9 Å². The summed E-state index contributed by atoms with van der Waals surface area (Å²) in [7, 11) is 0. The molecule has 1 saturated heterocycles. The van der Waals surface area contributed by atoms with E-state index in [1.54, 1.807) is 4.90 Å². The maximum Gasteiger partial charge on any atom is 0.141 e. The first-order chi connectivity index (χ1) is 9.93. The van der Waals surface area contributed by atoms with Gasteiger partial charge in [-0.15, -0.1) is 0 Å². The minimum Gasteiger partial charge on any atom is -0.337 e. The number of hydrogen-bond acceptors (Lipinski definition) is 1. The zero-order valence-electron chi connectivity index (χ0n) is 11.5. The molecule has 0 saturated carbocycles. The zero-order chi connectivity index (χ0) is 13.4. The lowest BCUT2D eigenvalue weighted by Gasteiger charge is -2.35. The summed E-state index contributed by atoms with van der Waals surface area (Å²) in [5.74, 6) is 0. The average molecular weight is 284 g/mol. The van der Waals surface area contributed by atoms with Crippen LogP contribution in [0.2, 0.25) is 0 Å². The number of nitrogens with one attached hydrogen (secondary N) is 1. The molecule has 2 aliphatic heterocycles. The van der Waals surface area contributed by atoms with Crippen molar-refractivity contribution in [3.05, 3.63) is 59.7 Å². The molecule has 0 aromatic heterocycles. The summed E-state index contributed by atoms with van der Waals surface area (Å²) in [4.78, 5) is 4.62. The Hall–Kier alpha value is -1.29. The molecule has 0 radical (unpaired) electrons. The van der Waals surface area contributed by atoms with Gasteiger partial charge < -0.3 is 10.2 Å². The van der Waals surface area contributed by atoms with Gasteiger partial charge in [0.1, 0.15) is 32.2 Å². The molecule has 0 unspecified atom stereocenters. The average Bonchev–Trinajstić information content (AvgIpc) is 2.53. The van der Waals surface area contributed by atoms with Crippen LogP contribution in [-0.4, -0.2) is 26.2 Å². The summed E-state index contributed by atoms with van der Waals surface area (Å²) in [5, 5.41) is 2.44. The molecule has 0 atom stereocenters. The molecule has 2 aromatic carbocycles. The van der Waals surface area contributed by atoms with E-state index in [1.807, 2.05) is 11.8 Å². The second-order valence-corrected chi connectivity index (χ2v) is 6.72. The standard InChI is InChI=1S/C17H18N2S/c1-3-7-15-13(5-1)17(19-11-9-18-10-12-19)14-6-2-4-8-16(14)20-15/h1-8,17-18H,9-12H2/p+2. The fourth-order valence-corrected chi connectivity index (χ4v) is 4.62. The number of piperazine rings is 1. The van der Waals surface area contributed by atoms with Crippen LogP contribution >= 0.6 is 11.8 Å². The first-order valence-corrected chi connectivity index (χ1v) is 8.27. The Kier molecular flexibility index (Phi) is 3.26. The third-order valence-electron chi connectivity index (χ3n) is 4.43. The number of rotatable bonds is 1. The molecule has 1 fully saturated rings. The van der Waals surface area contributed by atoms with Crippen molar-refractivity contribution in [2.24, 2.45) is 0 Å². The Morgan fingerprint density at radius 3 is 2.00 bits per heavy atom. The third-order valence-corrected chi connectivity index (χ3v) is 5.61. The topological polar surface area (TPSA) is 21.1 Å². The van der Waals surface area contributed by atoms with Crippen molar-refractivity contribution in [1.82, 2.24) is 0 Å². The van der Waals surface area contributed by atoms with Crippen molar-refractivity contribution in [2.45, 2.75) is 15.8 Å². The van der Waals surface area contributed by atoms with Crippen molar-refractivity contribution in [1.29, 1.82) is 0 Å². The SMILES string of the molecule is c1ccc2c(c1)Sc1ccccc1C2[NH+]1CC[NH2+]CC1. The Balaban J connectivity index is 1.83. The Bertz CT molecular complexity index is 574. The van der Waals surface area contributed by atoms with E-state index in [0.717, 1.165) is 0 Å². The van der Waals surface area contributed by atoms with E-state index in [9.17, 15) is 0 Å². The van der Waals surface area contributed by atoms with Crippen LogP contribution < -0.4 is 10.2 Å². The van der Waals surface area contributed by atoms with Crippen molar-refractivity contribution in [2.75, 3.05) is 26.2 Å². The maximum atomic E-state index is 2.44. The Morgan fingerprint density at radius 1 is 0.850 bits per heavy atom. The number of fused-ring (bicyclic) bond motifs is 2. The second kappa shape index (κ2) is 5.24. The molecule has 4 rings (SSSR count). The lowest BCUT2D eigenvalue weighted by molar-refractivity contribution is -0.967. The van der Waals surface area contributed by atoms with Crippen LogP contribution in [0.3, 0.4) is 0 Å². The van der Waals surface area contributed by atoms with Gasteiger partial charge in [-0.1, -0.05) is 48.2 Å². The van der Waals surface area contributed by atoms with Gasteiger partial charge in [-0.25, -0.2) is 0 Å². The second-order valence-electron chi connectivity index (χ2n) is 5.64. The normalized spacial score (nSPS) is 19.4. The van der Waals surface area contributed by atoms with Gasteiger partial charge in [0.2, 0.25) is 0 Å². The summed E-state index contributed by atoms with van der Waals surface area (Å²) < 4.78 is 0. The van der Waals surface area contributed by atoms with E-state index in [4.69, 9.17) is 0 Å². The Morgan fingerprint density at radius 2 is 1.40 bits per heavy atom. The molecular weight excluding hydrogens is 264 g/mol. The molecule has 20 heavy (non-hydrogen) atoms. The molecule has 0 spiro atoms. The van der Waals surface area contributed by atoms with Crippen LogP contribution in [0.1, 0.15) is 17.2 Å². The van der Waals surface area contributed by atoms with Gasteiger partial charge in [0.25, 0.3) is 0 Å². The van der Waals surface area contributed by atoms with Crippen molar-refractivity contribution < 1.29 is 10.2 Å². The minimum absolute atomic E-state index is 0.525. The monoisotopic (exact) mass is 284 g/mol. The van der Waals surface area contributed by atoms with E-state index >= 15 is 0 Å². The largest absolute Gasteiger partial charge is 0.337 e. The molecule has 102 valence electrons. The van der Waals surface area contributed by atoms with E-state index in [0.29, 0.717) is 6.04 Å². The van der Waals surface area contributed by atoms with Gasteiger partial charge in [-0.2, -0.15) is 0 Å². The maximum absolute atomic E-state index is 2.44. The van der Waals surface area contributed by atoms with Crippen molar-refractivity contribution in [3.63, 3.8) is 0 Å². The van der Waals surface area contributed by atoms with Crippen LogP contribution in [0.15, 0.2) is 58.3 Å². The first-order valence-electron chi connectivity index (χ1n) is 7.45. The van der Waals surface area contributed by atoms with E-state index in [2.05, 4.69) is 53.8 Å². The summed E-state index contributed by atoms with van der Waals surface area (Å²) in [6.07, 6.45) is 0. The highest BCUT2D eigenvalue weighted by molar-refractivity contribution is 7.99. The third kappa shape index (κ3) is 2.06. The van der Waals surface area contributed by atoms with Crippen molar-refractivity contribution in [3.8, 4) is 0 Å². The molecule has 2 aliphatic rings. The molecule has 0 amide bonds. The number of hydrogen-bond donors (Lipinski definition) is 2. The first kappa shape index (κ1) is 12.5. The number of benzene rings is 2. The fourth-order valence-electron chi connectivity index (χ4n) is 3.48. The molecule has 2 aromatic rings. The van der Waals surface area contributed by atoms with Crippen LogP contribution in [0.25, 0.3) is 0 Å². The van der Waals surface area contributed by atoms with Crippen LogP contribution in [0.5, 0.6) is 0 Å². The molecule has 2 nitrogen and oxygen atoms in total. The number of quaternary nitrogens is 2. The van der Waals surface area contributed by atoms with Crippen LogP contribution in [0, 0.1) is 0 Å². The summed E-state index contributed by atoms with van der Waals surface area (Å²) >= 11 is 1.93. The lowest BCUT2D eigenvalue weighted by Crippen LogP contribution is -3.20. The molecule has 3 heteroatoms. The van der Waals surface area contributed by atoms with E-state index in [-0.39, 0.29) is 0 Å². The molecule has 2 heterocycles. The van der Waals surface area contributed by atoms with Crippen LogP contribution in [0.4, 0.5) is 0 Å². The van der Waals surface area contributed by atoms with E-state index in [1.165, 1.54) is 47.1 Å². The molecule has 3 N–H and O–H groups in total. The summed E-state index contributed by atoms with van der Waals surface area (Å²) in [6.45, 7) is 5.03.